The lowest BCUT2D eigenvalue weighted by atomic mass is 10.5. The third-order valence-electron chi connectivity index (χ3n) is 0.241. The lowest BCUT2D eigenvalue weighted by molar-refractivity contribution is 0.266. The number of aliphatic hydroxyl groups excluding tert-OH is 1. The van der Waals surface area contributed by atoms with Crippen LogP contribution in [-0.4, -0.2) is 17.4 Å². The Kier molecular flexibility index (Phi) is 7.65. The molecular weight excluding hydrogens is 101 g/mol. The molecule has 0 fully saturated rings. The van der Waals surface area contributed by atoms with Crippen molar-refractivity contribution in [1.82, 2.24) is 0 Å². The predicted octanol–water partition coefficient (Wildman–Crippen LogP) is 0.439. The lowest BCUT2D eigenvalue weighted by Gasteiger charge is -1.82. The molecule has 1 atom stereocenters. The van der Waals surface area contributed by atoms with Gasteiger partial charge in [-0.1, -0.05) is 0 Å². The van der Waals surface area contributed by atoms with Gasteiger partial charge in [-0.05, 0) is 6.92 Å². The van der Waals surface area contributed by atoms with Crippen molar-refractivity contribution >= 4 is 18.6 Å². The van der Waals surface area contributed by atoms with Gasteiger partial charge in [0.1, 0.15) is 0 Å². The monoisotopic (exact) mass is 109 g/mol. The van der Waals surface area contributed by atoms with Crippen LogP contribution in [-0.2, 0) is 0 Å². The van der Waals surface area contributed by atoms with Crippen molar-refractivity contribution in [3.05, 3.63) is 0 Å². The van der Waals surface area contributed by atoms with Crippen molar-refractivity contribution in [1.29, 1.82) is 5.41 Å². The summed E-state index contributed by atoms with van der Waals surface area (Å²) in [6.07, 6.45) is 0.398. The largest absolute Gasteiger partial charge is 0.388 e. The van der Waals surface area contributed by atoms with Crippen LogP contribution in [0.4, 0.5) is 0 Å². The van der Waals surface area contributed by atoms with Gasteiger partial charge in [0.15, 0.2) is 0 Å². The minimum Gasteiger partial charge on any atom is -0.388 e. The predicted molar refractivity (Wildman–Crippen MR) is 27.7 cm³/mol. The fraction of sp³-hybridized carbons (Fsp3) is 0.667. The van der Waals surface area contributed by atoms with Gasteiger partial charge in [0.25, 0.3) is 0 Å². The van der Waals surface area contributed by atoms with Gasteiger partial charge >= 0.3 is 0 Å². The van der Waals surface area contributed by atoms with Gasteiger partial charge in [0, 0.05) is 6.21 Å². The molecule has 38 valence electrons. The Morgan fingerprint density at radius 1 is 1.83 bits per heavy atom. The molecule has 0 aromatic carbocycles. The van der Waals surface area contributed by atoms with E-state index >= 15 is 0 Å². The van der Waals surface area contributed by atoms with Gasteiger partial charge in [-0.15, -0.1) is 12.4 Å². The normalized spacial score (nSPS) is 11.7. The van der Waals surface area contributed by atoms with Crippen LogP contribution in [0.25, 0.3) is 0 Å². The van der Waals surface area contributed by atoms with E-state index in [-0.39, 0.29) is 12.4 Å². The summed E-state index contributed by atoms with van der Waals surface area (Å²) in [7, 11) is 0. The highest BCUT2D eigenvalue weighted by molar-refractivity contribution is 5.85. The molecule has 0 aliphatic rings. The Hall–Kier alpha value is -0.0800. The highest BCUT2D eigenvalue weighted by atomic mass is 35.5. The lowest BCUT2D eigenvalue weighted by Crippen LogP contribution is -1.97. The first kappa shape index (κ1) is 9.33. The van der Waals surface area contributed by atoms with Gasteiger partial charge in [0.2, 0.25) is 0 Å². The van der Waals surface area contributed by atoms with Crippen molar-refractivity contribution in [2.45, 2.75) is 13.0 Å². The van der Waals surface area contributed by atoms with Crippen LogP contribution < -0.4 is 0 Å². The summed E-state index contributed by atoms with van der Waals surface area (Å²) in [5.41, 5.74) is 0. The molecule has 0 rings (SSSR count). The third-order valence-corrected chi connectivity index (χ3v) is 0.241. The minimum absolute atomic E-state index is 0. The summed E-state index contributed by atoms with van der Waals surface area (Å²) in [5.74, 6) is 0. The quantitative estimate of drug-likeness (QED) is 0.472. The van der Waals surface area contributed by atoms with E-state index in [1.807, 2.05) is 0 Å². The number of hydrogen-bond donors (Lipinski definition) is 2. The maximum absolute atomic E-state index is 8.12. The topological polar surface area (TPSA) is 44.1 Å². The molecule has 3 heteroatoms. The van der Waals surface area contributed by atoms with Crippen molar-refractivity contribution < 1.29 is 5.11 Å². The molecule has 0 saturated heterocycles. The molecule has 0 heterocycles. The second-order valence-corrected chi connectivity index (χ2v) is 0.907. The van der Waals surface area contributed by atoms with Gasteiger partial charge in [-0.2, -0.15) is 0 Å². The zero-order valence-electron chi connectivity index (χ0n) is 3.51. The van der Waals surface area contributed by atoms with E-state index in [1.165, 1.54) is 6.92 Å². The molecule has 1 unspecified atom stereocenters. The SMILES string of the molecule is CC(O)C=N.Cl. The van der Waals surface area contributed by atoms with E-state index in [2.05, 4.69) is 0 Å². The molecule has 0 saturated carbocycles. The maximum Gasteiger partial charge on any atom is 0.0856 e. The number of rotatable bonds is 1. The molecule has 0 aromatic rings. The fourth-order valence-electron chi connectivity index (χ4n) is 0. The van der Waals surface area contributed by atoms with Crippen LogP contribution in [0.3, 0.4) is 0 Å². The average Bonchev–Trinajstić information content (AvgIpc) is 1.38. The number of aliphatic hydroxyl groups is 1. The second-order valence-electron chi connectivity index (χ2n) is 0.907. The van der Waals surface area contributed by atoms with E-state index in [4.69, 9.17) is 10.5 Å². The van der Waals surface area contributed by atoms with Gasteiger partial charge in [-0.25, -0.2) is 0 Å². The van der Waals surface area contributed by atoms with E-state index in [0.717, 1.165) is 6.21 Å². The van der Waals surface area contributed by atoms with Crippen LogP contribution in [0.15, 0.2) is 0 Å². The number of nitrogens with one attached hydrogen (secondary N) is 1. The summed E-state index contributed by atoms with van der Waals surface area (Å²) >= 11 is 0. The molecule has 0 spiro atoms. The van der Waals surface area contributed by atoms with Crippen molar-refractivity contribution in [2.75, 3.05) is 0 Å². The van der Waals surface area contributed by atoms with Crippen molar-refractivity contribution in [3.63, 3.8) is 0 Å². The molecule has 0 amide bonds. The molecule has 0 bridgehead atoms. The Labute approximate surface area is 43.1 Å². The molecule has 2 N–H and O–H groups in total. The van der Waals surface area contributed by atoms with Crippen LogP contribution in [0.1, 0.15) is 6.92 Å². The molecule has 0 aliphatic carbocycles. The molecule has 0 radical (unpaired) electrons. The van der Waals surface area contributed by atoms with Crippen LogP contribution in [0, 0.1) is 5.41 Å². The highest BCUT2D eigenvalue weighted by Crippen LogP contribution is 1.63. The Morgan fingerprint density at radius 3 is 2.00 bits per heavy atom. The molecule has 0 aromatic heterocycles. The van der Waals surface area contributed by atoms with E-state index < -0.39 is 6.10 Å². The highest BCUT2D eigenvalue weighted by Gasteiger charge is 1.77. The van der Waals surface area contributed by atoms with Gasteiger partial charge in [0.05, 0.1) is 6.10 Å². The summed E-state index contributed by atoms with van der Waals surface area (Å²) < 4.78 is 0. The fourth-order valence-corrected chi connectivity index (χ4v) is 0. The van der Waals surface area contributed by atoms with E-state index in [1.54, 1.807) is 0 Å². The number of hydrogen-bond acceptors (Lipinski definition) is 2. The number of halogens is 1. The molecular formula is C3H8ClNO. The summed E-state index contributed by atoms with van der Waals surface area (Å²) in [6, 6.07) is 0. The van der Waals surface area contributed by atoms with Crippen LogP contribution in [0.5, 0.6) is 0 Å². The average molecular weight is 110 g/mol. The van der Waals surface area contributed by atoms with Crippen LogP contribution >= 0.6 is 12.4 Å². The third kappa shape index (κ3) is 9.07. The Bertz CT molecular complexity index is 37.8. The van der Waals surface area contributed by atoms with Gasteiger partial charge in [-0.3, -0.25) is 0 Å². The Balaban J connectivity index is 0. The first-order chi connectivity index (χ1) is 2.27. The minimum atomic E-state index is -0.574. The standard InChI is InChI=1S/C3H7NO.ClH/c1-3(5)2-4;/h2-5H,1H3;1H. The molecule has 0 aliphatic heterocycles. The zero-order chi connectivity index (χ0) is 4.28. The van der Waals surface area contributed by atoms with E-state index in [0.29, 0.717) is 0 Å². The molecule has 2 nitrogen and oxygen atoms in total. The first-order valence-corrected chi connectivity index (χ1v) is 1.46. The van der Waals surface area contributed by atoms with Crippen LogP contribution in [0.2, 0.25) is 0 Å². The molecule has 6 heavy (non-hydrogen) atoms. The summed E-state index contributed by atoms with van der Waals surface area (Å²) in [4.78, 5) is 0. The first-order valence-electron chi connectivity index (χ1n) is 1.46. The summed E-state index contributed by atoms with van der Waals surface area (Å²) in [5, 5.41) is 14.4. The van der Waals surface area contributed by atoms with Gasteiger partial charge < -0.3 is 10.5 Å². The summed E-state index contributed by atoms with van der Waals surface area (Å²) in [6.45, 7) is 1.53. The van der Waals surface area contributed by atoms with Crippen molar-refractivity contribution in [3.8, 4) is 0 Å². The Morgan fingerprint density at radius 2 is 2.00 bits per heavy atom. The second kappa shape index (κ2) is 4.92. The van der Waals surface area contributed by atoms with Crippen molar-refractivity contribution in [2.24, 2.45) is 0 Å². The zero-order valence-corrected chi connectivity index (χ0v) is 4.33. The van der Waals surface area contributed by atoms with E-state index in [9.17, 15) is 0 Å². The smallest absolute Gasteiger partial charge is 0.0856 e. The maximum atomic E-state index is 8.12.